The Hall–Kier alpha value is -1.95. The minimum Gasteiger partial charge on any atom is -0.368 e. The zero-order valence-corrected chi connectivity index (χ0v) is 14.4. The third-order valence-electron chi connectivity index (χ3n) is 3.97. The van der Waals surface area contributed by atoms with Crippen molar-refractivity contribution in [2.24, 2.45) is 0 Å². The van der Waals surface area contributed by atoms with Gasteiger partial charge in [-0.05, 0) is 31.7 Å². The molecule has 122 valence electrons. The number of hydrogen-bond donors (Lipinski definition) is 1. The number of hydrogen-bond acceptors (Lipinski definition) is 5. The largest absolute Gasteiger partial charge is 0.368 e. The van der Waals surface area contributed by atoms with Crippen molar-refractivity contribution in [3.8, 4) is 0 Å². The first kappa shape index (κ1) is 15.9. The Kier molecular flexibility index (Phi) is 4.91. The van der Waals surface area contributed by atoms with Crippen molar-refractivity contribution in [3.05, 3.63) is 40.0 Å². The highest BCUT2D eigenvalue weighted by Crippen LogP contribution is 2.21. The summed E-state index contributed by atoms with van der Waals surface area (Å²) >= 11 is 1.64. The summed E-state index contributed by atoms with van der Waals surface area (Å²) in [6.45, 7) is 5.66. The zero-order chi connectivity index (χ0) is 16.2. The summed E-state index contributed by atoms with van der Waals surface area (Å²) in [6, 6.07) is 4.34. The molecule has 2 aromatic rings. The molecular weight excluding hydrogens is 308 g/mol. The molecule has 1 amide bonds. The van der Waals surface area contributed by atoms with Crippen LogP contribution < -0.4 is 5.32 Å². The van der Waals surface area contributed by atoms with Crippen LogP contribution in [-0.2, 0) is 24.1 Å². The average molecular weight is 330 g/mol. The van der Waals surface area contributed by atoms with Gasteiger partial charge < -0.3 is 10.2 Å². The van der Waals surface area contributed by atoms with Crippen molar-refractivity contribution >= 4 is 23.1 Å². The third kappa shape index (κ3) is 3.88. The molecule has 0 fully saturated rings. The van der Waals surface area contributed by atoms with Gasteiger partial charge in [0.05, 0.1) is 12.1 Å². The van der Waals surface area contributed by atoms with Crippen LogP contribution in [0.4, 0.5) is 5.82 Å². The van der Waals surface area contributed by atoms with Crippen molar-refractivity contribution in [2.75, 3.05) is 18.4 Å². The van der Waals surface area contributed by atoms with E-state index >= 15 is 0 Å². The summed E-state index contributed by atoms with van der Waals surface area (Å²) in [4.78, 5) is 24.4. The van der Waals surface area contributed by atoms with E-state index in [4.69, 9.17) is 0 Å². The first-order valence-corrected chi connectivity index (χ1v) is 8.91. The summed E-state index contributed by atoms with van der Waals surface area (Å²) in [6.07, 6.45) is 3.71. The summed E-state index contributed by atoms with van der Waals surface area (Å²) in [5.74, 6) is 1.11. The molecule has 1 aliphatic heterocycles. The smallest absolute Gasteiger partial charge is 0.227 e. The number of nitrogens with one attached hydrogen (secondary N) is 1. The molecule has 5 nitrogen and oxygen atoms in total. The molecule has 0 radical (unpaired) electrons. The molecule has 23 heavy (non-hydrogen) atoms. The first-order valence-electron chi connectivity index (χ1n) is 8.03. The molecule has 0 saturated carbocycles. The fraction of sp³-hybridized carbons (Fsp3) is 0.471. The van der Waals surface area contributed by atoms with E-state index in [1.165, 1.54) is 0 Å². The molecule has 0 unspecified atom stereocenters. The molecule has 3 heterocycles. The maximum absolute atomic E-state index is 12.5. The highest BCUT2D eigenvalue weighted by molar-refractivity contribution is 7.10. The van der Waals surface area contributed by atoms with Gasteiger partial charge in [0.2, 0.25) is 5.91 Å². The van der Waals surface area contributed by atoms with Crippen molar-refractivity contribution < 1.29 is 4.79 Å². The number of carbonyl (C=O) groups is 1. The lowest BCUT2D eigenvalue weighted by atomic mass is 10.1. The average Bonchev–Trinajstić information content (AvgIpc) is 2.91. The Labute approximate surface area is 140 Å². The van der Waals surface area contributed by atoms with E-state index in [0.29, 0.717) is 12.5 Å². The number of amides is 1. The van der Waals surface area contributed by atoms with Gasteiger partial charge >= 0.3 is 0 Å². The van der Waals surface area contributed by atoms with Gasteiger partial charge in [0.25, 0.3) is 0 Å². The zero-order valence-electron chi connectivity index (χ0n) is 13.6. The Bertz CT molecular complexity index is 669. The predicted octanol–water partition coefficient (Wildman–Crippen LogP) is 2.53. The molecule has 0 aliphatic carbocycles. The Balaban J connectivity index is 1.71. The normalized spacial score (nSPS) is 14.5. The monoisotopic (exact) mass is 330 g/mol. The lowest BCUT2D eigenvalue weighted by Crippen LogP contribution is -2.34. The van der Waals surface area contributed by atoms with Crippen molar-refractivity contribution in [2.45, 2.75) is 39.2 Å². The quantitative estimate of drug-likeness (QED) is 0.936. The van der Waals surface area contributed by atoms with Gasteiger partial charge in [0.1, 0.15) is 12.1 Å². The minimum atomic E-state index is 0.201. The van der Waals surface area contributed by atoms with E-state index in [9.17, 15) is 4.79 Å². The van der Waals surface area contributed by atoms with E-state index < -0.39 is 0 Å². The lowest BCUT2D eigenvalue weighted by Gasteiger charge is -2.20. The van der Waals surface area contributed by atoms with E-state index in [1.54, 1.807) is 17.7 Å². The standard InChI is InChI=1S/C17H22N4OS/c1-12(2)20-17-14-5-7-21(8-6-15(14)18-11-19-17)16(22)10-13-4-3-9-23-13/h3-4,9,11-12H,5-8,10H2,1-2H3,(H,18,19,20). The van der Waals surface area contributed by atoms with E-state index in [2.05, 4.69) is 29.1 Å². The SMILES string of the molecule is CC(C)Nc1ncnc2c1CCN(C(=O)Cc1cccs1)CC2. The Morgan fingerprint density at radius 3 is 2.91 bits per heavy atom. The van der Waals surface area contributed by atoms with Crippen LogP contribution in [0.15, 0.2) is 23.8 Å². The van der Waals surface area contributed by atoms with Crippen LogP contribution in [0.1, 0.15) is 30.0 Å². The molecule has 3 rings (SSSR count). The second-order valence-corrected chi connectivity index (χ2v) is 7.12. The molecule has 0 spiro atoms. The molecular formula is C17H22N4OS. The van der Waals surface area contributed by atoms with Gasteiger partial charge in [-0.3, -0.25) is 4.79 Å². The summed E-state index contributed by atoms with van der Waals surface area (Å²) < 4.78 is 0. The minimum absolute atomic E-state index is 0.201. The maximum Gasteiger partial charge on any atom is 0.227 e. The van der Waals surface area contributed by atoms with Crippen molar-refractivity contribution in [1.82, 2.24) is 14.9 Å². The maximum atomic E-state index is 12.5. The topological polar surface area (TPSA) is 58.1 Å². The van der Waals surface area contributed by atoms with Crippen molar-refractivity contribution in [3.63, 3.8) is 0 Å². The Morgan fingerprint density at radius 2 is 2.17 bits per heavy atom. The van der Waals surface area contributed by atoms with Gasteiger partial charge in [-0.25, -0.2) is 9.97 Å². The number of fused-ring (bicyclic) bond motifs is 1. The van der Waals surface area contributed by atoms with Crippen LogP contribution in [0.5, 0.6) is 0 Å². The first-order chi connectivity index (χ1) is 11.1. The van der Waals surface area contributed by atoms with E-state index in [1.807, 2.05) is 22.4 Å². The molecule has 1 aliphatic rings. The molecule has 1 N–H and O–H groups in total. The highest BCUT2D eigenvalue weighted by Gasteiger charge is 2.22. The van der Waals surface area contributed by atoms with Gasteiger partial charge in [-0.2, -0.15) is 0 Å². The van der Waals surface area contributed by atoms with E-state index in [-0.39, 0.29) is 5.91 Å². The molecule has 6 heteroatoms. The molecule has 0 atom stereocenters. The second kappa shape index (κ2) is 7.08. The van der Waals surface area contributed by atoms with Crippen LogP contribution in [-0.4, -0.2) is 39.9 Å². The lowest BCUT2D eigenvalue weighted by molar-refractivity contribution is -0.130. The highest BCUT2D eigenvalue weighted by atomic mass is 32.1. The van der Waals surface area contributed by atoms with Gasteiger partial charge in [0, 0.05) is 36.0 Å². The number of thiophene rings is 1. The van der Waals surface area contributed by atoms with Gasteiger partial charge in [-0.1, -0.05) is 6.07 Å². The number of aromatic nitrogens is 2. The van der Waals surface area contributed by atoms with Crippen LogP contribution >= 0.6 is 11.3 Å². The second-order valence-electron chi connectivity index (χ2n) is 6.08. The van der Waals surface area contributed by atoms with Crippen LogP contribution in [0, 0.1) is 0 Å². The van der Waals surface area contributed by atoms with Crippen LogP contribution in [0.2, 0.25) is 0 Å². The third-order valence-corrected chi connectivity index (χ3v) is 4.84. The summed E-state index contributed by atoms with van der Waals surface area (Å²) in [5.41, 5.74) is 2.22. The fourth-order valence-electron chi connectivity index (χ4n) is 2.85. The van der Waals surface area contributed by atoms with Crippen molar-refractivity contribution in [1.29, 1.82) is 0 Å². The van der Waals surface area contributed by atoms with Gasteiger partial charge in [-0.15, -0.1) is 11.3 Å². The molecule has 0 aromatic carbocycles. The van der Waals surface area contributed by atoms with E-state index in [0.717, 1.165) is 47.9 Å². The number of nitrogens with zero attached hydrogens (tertiary/aromatic N) is 3. The van der Waals surface area contributed by atoms with Gasteiger partial charge in [0.15, 0.2) is 0 Å². The number of rotatable bonds is 4. The summed E-state index contributed by atoms with van der Waals surface area (Å²) in [5, 5.41) is 5.40. The number of carbonyl (C=O) groups excluding carboxylic acids is 1. The van der Waals surface area contributed by atoms with Crippen LogP contribution in [0.25, 0.3) is 0 Å². The fourth-order valence-corrected chi connectivity index (χ4v) is 3.54. The predicted molar refractivity (Wildman–Crippen MR) is 92.8 cm³/mol. The van der Waals surface area contributed by atoms with Crippen LogP contribution in [0.3, 0.4) is 0 Å². The molecule has 2 aromatic heterocycles. The number of anilines is 1. The molecule has 0 saturated heterocycles. The Morgan fingerprint density at radius 1 is 1.35 bits per heavy atom. The molecule has 0 bridgehead atoms. The summed E-state index contributed by atoms with van der Waals surface area (Å²) in [7, 11) is 0.